The summed E-state index contributed by atoms with van der Waals surface area (Å²) in [4.78, 5) is 37.9. The summed E-state index contributed by atoms with van der Waals surface area (Å²) in [5.74, 6) is -1.27. The van der Waals surface area contributed by atoms with E-state index < -0.39 is 11.9 Å². The Labute approximate surface area is 161 Å². The van der Waals surface area contributed by atoms with Crippen LogP contribution in [-0.2, 0) is 14.3 Å². The fourth-order valence-electron chi connectivity index (χ4n) is 3.01. The highest BCUT2D eigenvalue weighted by molar-refractivity contribution is 6.04. The highest BCUT2D eigenvalue weighted by atomic mass is 16.5. The van der Waals surface area contributed by atoms with Crippen LogP contribution in [0.5, 0.6) is 11.5 Å². The van der Waals surface area contributed by atoms with Crippen molar-refractivity contribution < 1.29 is 29.0 Å². The minimum atomic E-state index is -0.593. The van der Waals surface area contributed by atoms with Gasteiger partial charge in [-0.2, -0.15) is 0 Å². The van der Waals surface area contributed by atoms with Crippen molar-refractivity contribution in [2.45, 2.75) is 6.42 Å². The second kappa shape index (κ2) is 7.99. The van der Waals surface area contributed by atoms with Crippen molar-refractivity contribution in [2.75, 3.05) is 31.0 Å². The number of carbonyl (C=O) groups excluding carboxylic acids is 3. The van der Waals surface area contributed by atoms with Crippen LogP contribution in [-0.4, -0.2) is 43.7 Å². The van der Waals surface area contributed by atoms with Gasteiger partial charge in [0, 0.05) is 18.7 Å². The zero-order valence-corrected chi connectivity index (χ0v) is 15.5. The van der Waals surface area contributed by atoms with Gasteiger partial charge in [0.15, 0.2) is 0 Å². The number of benzene rings is 2. The average Bonchev–Trinajstić information content (AvgIpc) is 3.10. The van der Waals surface area contributed by atoms with E-state index in [0.717, 1.165) is 0 Å². The van der Waals surface area contributed by atoms with Crippen molar-refractivity contribution in [3.05, 3.63) is 48.0 Å². The van der Waals surface area contributed by atoms with Gasteiger partial charge in [0.25, 0.3) is 0 Å². The second-order valence-corrected chi connectivity index (χ2v) is 6.32. The zero-order chi connectivity index (χ0) is 20.3. The first-order chi connectivity index (χ1) is 13.4. The van der Waals surface area contributed by atoms with Crippen LogP contribution >= 0.6 is 0 Å². The molecule has 1 atom stereocenters. The summed E-state index contributed by atoms with van der Waals surface area (Å²) in [5, 5.41) is 12.7. The maximum Gasteiger partial charge on any atom is 0.337 e. The van der Waals surface area contributed by atoms with E-state index in [0.29, 0.717) is 11.4 Å². The van der Waals surface area contributed by atoms with Crippen molar-refractivity contribution in [1.82, 2.24) is 0 Å². The Balaban J connectivity index is 1.68. The first-order valence-corrected chi connectivity index (χ1v) is 8.59. The van der Waals surface area contributed by atoms with Crippen LogP contribution in [0, 0.1) is 5.92 Å². The molecular formula is C20H20N2O6. The zero-order valence-electron chi connectivity index (χ0n) is 15.5. The number of esters is 1. The molecule has 2 aromatic rings. The van der Waals surface area contributed by atoms with Gasteiger partial charge in [0.2, 0.25) is 11.8 Å². The Kier molecular flexibility index (Phi) is 5.49. The molecule has 1 unspecified atom stereocenters. The summed E-state index contributed by atoms with van der Waals surface area (Å²) in [7, 11) is 2.80. The van der Waals surface area contributed by atoms with Crippen LogP contribution < -0.4 is 15.0 Å². The van der Waals surface area contributed by atoms with Crippen molar-refractivity contribution in [1.29, 1.82) is 0 Å². The molecule has 1 fully saturated rings. The lowest BCUT2D eigenvalue weighted by molar-refractivity contribution is -0.122. The van der Waals surface area contributed by atoms with Gasteiger partial charge in [-0.05, 0) is 42.5 Å². The van der Waals surface area contributed by atoms with Crippen molar-refractivity contribution in [3.63, 3.8) is 0 Å². The summed E-state index contributed by atoms with van der Waals surface area (Å²) in [6.45, 7) is 0.234. The largest absolute Gasteiger partial charge is 0.506 e. The van der Waals surface area contributed by atoms with Crippen LogP contribution in [0.2, 0.25) is 0 Å². The number of aromatic hydroxyl groups is 1. The maximum atomic E-state index is 12.6. The molecule has 2 aromatic carbocycles. The first-order valence-electron chi connectivity index (χ1n) is 8.59. The van der Waals surface area contributed by atoms with Gasteiger partial charge in [-0.3, -0.25) is 9.59 Å². The minimum Gasteiger partial charge on any atom is -0.506 e. The quantitative estimate of drug-likeness (QED) is 0.605. The molecule has 3 rings (SSSR count). The van der Waals surface area contributed by atoms with Gasteiger partial charge >= 0.3 is 5.97 Å². The molecule has 0 aromatic heterocycles. The van der Waals surface area contributed by atoms with E-state index in [2.05, 4.69) is 10.1 Å². The Bertz CT molecular complexity index is 909. The number of amides is 2. The van der Waals surface area contributed by atoms with Gasteiger partial charge in [0.05, 0.1) is 31.4 Å². The van der Waals surface area contributed by atoms with Gasteiger partial charge in [0.1, 0.15) is 11.5 Å². The number of carbonyl (C=O) groups is 3. The lowest BCUT2D eigenvalue weighted by Gasteiger charge is -2.17. The number of phenolic OH excluding ortho intramolecular Hbond substituents is 1. The third kappa shape index (κ3) is 3.90. The molecule has 1 aliphatic rings. The average molecular weight is 384 g/mol. The van der Waals surface area contributed by atoms with Crippen LogP contribution in [0.4, 0.5) is 11.4 Å². The van der Waals surface area contributed by atoms with E-state index in [1.54, 1.807) is 36.3 Å². The fourth-order valence-corrected chi connectivity index (χ4v) is 3.01. The molecule has 0 saturated carbocycles. The molecule has 0 bridgehead atoms. The number of nitrogens with one attached hydrogen (secondary N) is 1. The maximum absolute atomic E-state index is 12.6. The standard InChI is InChI=1S/C20H20N2O6/c1-27-15-6-4-14(5-7-15)22-11-13(10-18(22)24)19(25)21-16-8-3-12(9-17(16)23)20(26)28-2/h3-9,13,23H,10-11H2,1-2H3,(H,21,25). The van der Waals surface area contributed by atoms with Gasteiger partial charge < -0.3 is 24.8 Å². The Morgan fingerprint density at radius 1 is 1.14 bits per heavy atom. The number of nitrogens with zero attached hydrogens (tertiary/aromatic N) is 1. The molecule has 1 saturated heterocycles. The summed E-state index contributed by atoms with van der Waals surface area (Å²) < 4.78 is 9.69. The lowest BCUT2D eigenvalue weighted by atomic mass is 10.1. The van der Waals surface area contributed by atoms with E-state index in [9.17, 15) is 19.5 Å². The first kappa shape index (κ1) is 19.2. The smallest absolute Gasteiger partial charge is 0.337 e. The Morgan fingerprint density at radius 2 is 1.86 bits per heavy atom. The number of ether oxygens (including phenoxy) is 2. The third-order valence-electron chi connectivity index (χ3n) is 4.56. The number of rotatable bonds is 5. The molecule has 1 aliphatic heterocycles. The van der Waals surface area contributed by atoms with E-state index in [-0.39, 0.29) is 41.8 Å². The molecule has 146 valence electrons. The van der Waals surface area contributed by atoms with Crippen LogP contribution in [0.1, 0.15) is 16.8 Å². The monoisotopic (exact) mass is 384 g/mol. The van der Waals surface area contributed by atoms with Crippen LogP contribution in [0.25, 0.3) is 0 Å². The van der Waals surface area contributed by atoms with Crippen LogP contribution in [0.3, 0.4) is 0 Å². The minimum absolute atomic E-state index is 0.0683. The SMILES string of the molecule is COC(=O)c1ccc(NC(=O)C2CC(=O)N(c3ccc(OC)cc3)C2)c(O)c1. The Hall–Kier alpha value is -3.55. The van der Waals surface area contributed by atoms with E-state index in [1.807, 2.05) is 0 Å². The van der Waals surface area contributed by atoms with Gasteiger partial charge in [-0.15, -0.1) is 0 Å². The van der Waals surface area contributed by atoms with Crippen LogP contribution in [0.15, 0.2) is 42.5 Å². The molecule has 0 aliphatic carbocycles. The molecule has 2 N–H and O–H groups in total. The molecule has 0 radical (unpaired) electrons. The van der Waals surface area contributed by atoms with Crippen molar-refractivity contribution in [3.8, 4) is 11.5 Å². The number of methoxy groups -OCH3 is 2. The number of hydrogen-bond donors (Lipinski definition) is 2. The summed E-state index contributed by atoms with van der Waals surface area (Å²) >= 11 is 0. The van der Waals surface area contributed by atoms with E-state index >= 15 is 0 Å². The normalized spacial score (nSPS) is 16.0. The van der Waals surface area contributed by atoms with Crippen molar-refractivity contribution >= 4 is 29.2 Å². The number of phenols is 1. The van der Waals surface area contributed by atoms with Gasteiger partial charge in [-0.1, -0.05) is 0 Å². The molecule has 2 amide bonds. The summed E-state index contributed by atoms with van der Waals surface area (Å²) in [5.41, 5.74) is 1.01. The predicted molar refractivity (Wildman–Crippen MR) is 102 cm³/mol. The molecule has 28 heavy (non-hydrogen) atoms. The van der Waals surface area contributed by atoms with Crippen molar-refractivity contribution in [2.24, 2.45) is 5.92 Å². The third-order valence-corrected chi connectivity index (χ3v) is 4.56. The van der Waals surface area contributed by atoms with E-state index in [1.165, 1.54) is 25.3 Å². The highest BCUT2D eigenvalue weighted by Crippen LogP contribution is 2.29. The molecular weight excluding hydrogens is 364 g/mol. The number of anilines is 2. The second-order valence-electron chi connectivity index (χ2n) is 6.32. The Morgan fingerprint density at radius 3 is 2.46 bits per heavy atom. The predicted octanol–water partition coefficient (Wildman–Crippen LogP) is 2.18. The fraction of sp³-hybridized carbons (Fsp3) is 0.250. The van der Waals surface area contributed by atoms with E-state index in [4.69, 9.17) is 4.74 Å². The van der Waals surface area contributed by atoms with Gasteiger partial charge in [-0.25, -0.2) is 4.79 Å². The molecule has 1 heterocycles. The molecule has 8 nitrogen and oxygen atoms in total. The summed E-state index contributed by atoms with van der Waals surface area (Å²) in [6.07, 6.45) is 0.0683. The molecule has 0 spiro atoms. The topological polar surface area (TPSA) is 105 Å². The lowest BCUT2D eigenvalue weighted by Crippen LogP contribution is -2.28. The molecule has 8 heteroatoms. The number of hydrogen-bond acceptors (Lipinski definition) is 6. The summed E-state index contributed by atoms with van der Waals surface area (Å²) in [6, 6.07) is 11.1. The highest BCUT2D eigenvalue weighted by Gasteiger charge is 2.35.